The Hall–Kier alpha value is -1.88. The molecule has 19 heavy (non-hydrogen) atoms. The SMILES string of the molecule is CCN(CCC(=O)OC)C(=O)c1ccc(CO)cc1. The molecule has 0 bridgehead atoms. The fraction of sp³-hybridized carbons (Fsp3) is 0.429. The van der Waals surface area contributed by atoms with E-state index in [1.165, 1.54) is 7.11 Å². The van der Waals surface area contributed by atoms with Gasteiger partial charge in [0, 0.05) is 18.7 Å². The molecule has 0 heterocycles. The van der Waals surface area contributed by atoms with E-state index >= 15 is 0 Å². The van der Waals surface area contributed by atoms with Crippen molar-refractivity contribution in [2.45, 2.75) is 20.0 Å². The zero-order valence-corrected chi connectivity index (χ0v) is 11.3. The Bertz CT molecular complexity index is 428. The van der Waals surface area contributed by atoms with Crippen LogP contribution in [0.5, 0.6) is 0 Å². The molecular formula is C14H19NO4. The van der Waals surface area contributed by atoms with E-state index in [4.69, 9.17) is 5.11 Å². The first-order chi connectivity index (χ1) is 9.12. The summed E-state index contributed by atoms with van der Waals surface area (Å²) < 4.78 is 4.56. The molecular weight excluding hydrogens is 246 g/mol. The highest BCUT2D eigenvalue weighted by molar-refractivity contribution is 5.94. The van der Waals surface area contributed by atoms with Crippen LogP contribution < -0.4 is 0 Å². The van der Waals surface area contributed by atoms with Crippen molar-refractivity contribution >= 4 is 11.9 Å². The van der Waals surface area contributed by atoms with Gasteiger partial charge in [-0.05, 0) is 24.6 Å². The van der Waals surface area contributed by atoms with Gasteiger partial charge in [-0.25, -0.2) is 0 Å². The Balaban J connectivity index is 2.68. The number of hydrogen-bond donors (Lipinski definition) is 1. The van der Waals surface area contributed by atoms with Gasteiger partial charge in [-0.1, -0.05) is 12.1 Å². The molecule has 5 heteroatoms. The summed E-state index contributed by atoms with van der Waals surface area (Å²) in [6.45, 7) is 2.67. The van der Waals surface area contributed by atoms with Gasteiger partial charge in [-0.2, -0.15) is 0 Å². The van der Waals surface area contributed by atoms with E-state index in [2.05, 4.69) is 4.74 Å². The standard InChI is InChI=1S/C14H19NO4/c1-3-15(9-8-13(17)19-2)14(18)12-6-4-11(10-16)5-7-12/h4-7,16H,3,8-10H2,1-2H3. The van der Waals surface area contributed by atoms with Crippen LogP contribution in [0.4, 0.5) is 0 Å². The first kappa shape index (κ1) is 15.2. The normalized spacial score (nSPS) is 10.1. The number of ether oxygens (including phenoxy) is 1. The van der Waals surface area contributed by atoms with Crippen LogP contribution in [0, 0.1) is 0 Å². The van der Waals surface area contributed by atoms with Crippen molar-refractivity contribution in [2.75, 3.05) is 20.2 Å². The number of carbonyl (C=O) groups excluding carboxylic acids is 2. The van der Waals surface area contributed by atoms with Crippen LogP contribution in [0.15, 0.2) is 24.3 Å². The first-order valence-electron chi connectivity index (χ1n) is 6.18. The Morgan fingerprint density at radius 2 is 1.89 bits per heavy atom. The summed E-state index contributed by atoms with van der Waals surface area (Å²) in [4.78, 5) is 24.9. The molecule has 1 N–H and O–H groups in total. The molecule has 0 unspecified atom stereocenters. The van der Waals surface area contributed by atoms with Gasteiger partial charge in [0.2, 0.25) is 0 Å². The van der Waals surface area contributed by atoms with Crippen LogP contribution in [0.25, 0.3) is 0 Å². The number of hydrogen-bond acceptors (Lipinski definition) is 4. The van der Waals surface area contributed by atoms with Crippen molar-refractivity contribution < 1.29 is 19.4 Å². The fourth-order valence-corrected chi connectivity index (χ4v) is 1.67. The average Bonchev–Trinajstić information content (AvgIpc) is 2.47. The van der Waals surface area contributed by atoms with Crippen molar-refractivity contribution in [1.82, 2.24) is 4.90 Å². The molecule has 0 radical (unpaired) electrons. The highest BCUT2D eigenvalue weighted by atomic mass is 16.5. The molecule has 0 atom stereocenters. The number of methoxy groups -OCH3 is 1. The molecule has 0 aliphatic carbocycles. The van der Waals surface area contributed by atoms with Crippen molar-refractivity contribution in [1.29, 1.82) is 0 Å². The molecule has 0 saturated heterocycles. The summed E-state index contributed by atoms with van der Waals surface area (Å²) in [7, 11) is 1.33. The predicted molar refractivity (Wildman–Crippen MR) is 70.6 cm³/mol. The molecule has 0 aromatic heterocycles. The molecule has 1 amide bonds. The second-order valence-corrected chi connectivity index (χ2v) is 4.07. The molecule has 0 fully saturated rings. The van der Waals surface area contributed by atoms with E-state index in [0.29, 0.717) is 18.7 Å². The van der Waals surface area contributed by atoms with Crippen molar-refractivity contribution in [3.05, 3.63) is 35.4 Å². The number of amides is 1. The molecule has 1 aromatic carbocycles. The summed E-state index contributed by atoms with van der Waals surface area (Å²) in [5.41, 5.74) is 1.30. The van der Waals surface area contributed by atoms with Gasteiger partial charge in [-0.15, -0.1) is 0 Å². The number of rotatable bonds is 6. The van der Waals surface area contributed by atoms with E-state index in [-0.39, 0.29) is 24.9 Å². The third-order valence-corrected chi connectivity index (χ3v) is 2.87. The largest absolute Gasteiger partial charge is 0.469 e. The Labute approximate surface area is 112 Å². The molecule has 0 saturated carbocycles. The van der Waals surface area contributed by atoms with Gasteiger partial charge < -0.3 is 14.7 Å². The number of esters is 1. The number of aliphatic hydroxyl groups is 1. The van der Waals surface area contributed by atoms with Crippen molar-refractivity contribution in [3.63, 3.8) is 0 Å². The van der Waals surface area contributed by atoms with Crippen LogP contribution in [0.3, 0.4) is 0 Å². The van der Waals surface area contributed by atoms with Crippen LogP contribution >= 0.6 is 0 Å². The van der Waals surface area contributed by atoms with E-state index in [9.17, 15) is 9.59 Å². The fourth-order valence-electron chi connectivity index (χ4n) is 1.67. The summed E-state index contributed by atoms with van der Waals surface area (Å²) in [5.74, 6) is -0.460. The second kappa shape index (κ2) is 7.53. The quantitative estimate of drug-likeness (QED) is 0.785. The van der Waals surface area contributed by atoms with Gasteiger partial charge in [0.1, 0.15) is 0 Å². The number of aliphatic hydroxyl groups excluding tert-OH is 1. The predicted octanol–water partition coefficient (Wildman–Crippen LogP) is 1.20. The molecule has 0 aliphatic rings. The molecule has 0 aliphatic heterocycles. The van der Waals surface area contributed by atoms with Gasteiger partial charge in [0.25, 0.3) is 5.91 Å². The minimum Gasteiger partial charge on any atom is -0.469 e. The number of benzene rings is 1. The lowest BCUT2D eigenvalue weighted by Gasteiger charge is -2.20. The average molecular weight is 265 g/mol. The minimum atomic E-state index is -0.332. The first-order valence-corrected chi connectivity index (χ1v) is 6.18. The van der Waals surface area contributed by atoms with Gasteiger partial charge in [0.15, 0.2) is 0 Å². The lowest BCUT2D eigenvalue weighted by Crippen LogP contribution is -2.33. The Morgan fingerprint density at radius 3 is 2.37 bits per heavy atom. The summed E-state index contributed by atoms with van der Waals surface area (Å²) in [6.07, 6.45) is 0.185. The molecule has 0 spiro atoms. The van der Waals surface area contributed by atoms with E-state index in [0.717, 1.165) is 5.56 Å². The summed E-state index contributed by atoms with van der Waals surface area (Å²) >= 11 is 0. The maximum absolute atomic E-state index is 12.2. The van der Waals surface area contributed by atoms with Crippen LogP contribution in [0.2, 0.25) is 0 Å². The van der Waals surface area contributed by atoms with Crippen molar-refractivity contribution in [3.8, 4) is 0 Å². The Kier molecular flexibility index (Phi) is 6.02. The van der Waals surface area contributed by atoms with E-state index in [1.807, 2.05) is 6.92 Å². The maximum atomic E-state index is 12.2. The Morgan fingerprint density at radius 1 is 1.26 bits per heavy atom. The highest BCUT2D eigenvalue weighted by Crippen LogP contribution is 2.08. The molecule has 5 nitrogen and oxygen atoms in total. The van der Waals surface area contributed by atoms with Gasteiger partial charge >= 0.3 is 5.97 Å². The van der Waals surface area contributed by atoms with E-state index < -0.39 is 0 Å². The number of nitrogens with zero attached hydrogens (tertiary/aromatic N) is 1. The van der Waals surface area contributed by atoms with Crippen molar-refractivity contribution in [2.24, 2.45) is 0 Å². The van der Waals surface area contributed by atoms with Crippen LogP contribution in [-0.2, 0) is 16.1 Å². The third-order valence-electron chi connectivity index (χ3n) is 2.87. The zero-order chi connectivity index (χ0) is 14.3. The maximum Gasteiger partial charge on any atom is 0.307 e. The second-order valence-electron chi connectivity index (χ2n) is 4.07. The highest BCUT2D eigenvalue weighted by Gasteiger charge is 2.15. The molecule has 1 rings (SSSR count). The zero-order valence-electron chi connectivity index (χ0n) is 11.3. The lowest BCUT2D eigenvalue weighted by atomic mass is 10.1. The smallest absolute Gasteiger partial charge is 0.307 e. The van der Waals surface area contributed by atoms with Gasteiger partial charge in [-0.3, -0.25) is 9.59 Å². The molecule has 104 valence electrons. The summed E-state index contributed by atoms with van der Waals surface area (Å²) in [6, 6.07) is 6.77. The molecule has 1 aromatic rings. The monoisotopic (exact) mass is 265 g/mol. The topological polar surface area (TPSA) is 66.8 Å². The van der Waals surface area contributed by atoms with Crippen LogP contribution in [-0.4, -0.2) is 42.1 Å². The van der Waals surface area contributed by atoms with Gasteiger partial charge in [0.05, 0.1) is 20.1 Å². The summed E-state index contributed by atoms with van der Waals surface area (Å²) in [5, 5.41) is 8.95. The number of carbonyl (C=O) groups is 2. The third kappa shape index (κ3) is 4.37. The van der Waals surface area contributed by atoms with E-state index in [1.54, 1.807) is 29.2 Å². The lowest BCUT2D eigenvalue weighted by molar-refractivity contribution is -0.140. The minimum absolute atomic E-state index is 0.0473. The van der Waals surface area contributed by atoms with Crippen LogP contribution in [0.1, 0.15) is 29.3 Å².